The summed E-state index contributed by atoms with van der Waals surface area (Å²) >= 11 is 0. The molecule has 0 radical (unpaired) electrons. The minimum absolute atomic E-state index is 0.0423. The standard InChI is InChI=1S/C61H102N6O30/c1-12-25-46-33(69)40(76)54(85-25)93-48-27(14-3)87-56(42(78)35(48)71)95-50-29(16-5)89-58(44(80)37(50)73)97-52-31(20-66-18-23(62-64-66)21-82-61(10,11)83-22-24-19-67(65-63-24)60(7,8)9)90-59(45(81)38(52)74)96-51-30(17-6)88-57(43(79)36(51)72)94-49-28(15-4)86-55(41(77)34(49)70)92-47-26(13-2)84-53(91-46)39(75)32(47)68/h18-19,25-59,68-81H,12-17,20-22H2,1-11H3. The van der Waals surface area contributed by atoms with E-state index in [9.17, 15) is 71.5 Å². The maximum Gasteiger partial charge on any atom is 0.187 e. The van der Waals surface area contributed by atoms with Gasteiger partial charge in [-0.1, -0.05) is 52.0 Å². The molecule has 36 nitrogen and oxygen atoms in total. The summed E-state index contributed by atoms with van der Waals surface area (Å²) in [5.41, 5.74) is 0.554. The van der Waals surface area contributed by atoms with Gasteiger partial charge in [0.2, 0.25) is 0 Å². The van der Waals surface area contributed by atoms with E-state index < -0.39 is 221 Å². The molecule has 14 N–H and O–H groups in total. The van der Waals surface area contributed by atoms with Gasteiger partial charge in [-0.3, -0.25) is 0 Å². The SMILES string of the molecule is CCC1OC2OC3C(CC)OC(OC4C(CC)OC(OC5C(Cn6cc(COC(C)(C)OCc7cn(C(C)(C)C)nn7)nn6)OC(OC6C(CC)OC(OC7C(CC)OC(OC8C(CC)OC(OC1C(O)C2O)C(O)C8O)C(O)C7O)C(O)C6O)C(O)C5O)C(O)C4O)C(O)C3O. The van der Waals surface area contributed by atoms with Gasteiger partial charge in [-0.15, -0.1) is 10.2 Å². The monoisotopic (exact) mass is 1400 g/mol. The van der Waals surface area contributed by atoms with Crippen molar-refractivity contribution in [1.29, 1.82) is 0 Å². The molecular weight excluding hydrogens is 1300 g/mol. The molecule has 0 aliphatic carbocycles. The van der Waals surface area contributed by atoms with E-state index in [1.54, 1.807) is 66.3 Å². The number of ether oxygens (including phenoxy) is 16. The van der Waals surface area contributed by atoms with Crippen LogP contribution in [0.4, 0.5) is 0 Å². The van der Waals surface area contributed by atoms with Gasteiger partial charge in [0.25, 0.3) is 0 Å². The van der Waals surface area contributed by atoms with Gasteiger partial charge >= 0.3 is 0 Å². The first-order chi connectivity index (χ1) is 45.9. The summed E-state index contributed by atoms with van der Waals surface area (Å²) in [5.74, 6) is -1.18. The van der Waals surface area contributed by atoms with Crippen LogP contribution >= 0.6 is 0 Å². The van der Waals surface area contributed by atoms with Gasteiger partial charge in [0.05, 0.1) is 74.3 Å². The van der Waals surface area contributed by atoms with Crippen molar-refractivity contribution in [3.63, 3.8) is 0 Å². The summed E-state index contributed by atoms with van der Waals surface area (Å²) in [4.78, 5) is 0. The van der Waals surface area contributed by atoms with Crippen LogP contribution in [0.1, 0.15) is 126 Å². The van der Waals surface area contributed by atoms with Crippen LogP contribution in [0.15, 0.2) is 12.4 Å². The molecule has 21 aliphatic rings. The summed E-state index contributed by atoms with van der Waals surface area (Å²) < 4.78 is 102. The molecular formula is C61H102N6O30. The van der Waals surface area contributed by atoms with Gasteiger partial charge in [-0.05, 0) is 73.1 Å². The largest absolute Gasteiger partial charge is 0.387 e. The van der Waals surface area contributed by atoms with Gasteiger partial charge in [0.1, 0.15) is 146 Å². The average molecular weight is 1400 g/mol. The molecule has 21 fully saturated rings. The Morgan fingerprint density at radius 3 is 0.784 bits per heavy atom. The van der Waals surface area contributed by atoms with Crippen LogP contribution in [0.2, 0.25) is 0 Å². The third-order valence-electron chi connectivity index (χ3n) is 19.3. The van der Waals surface area contributed by atoms with Crippen LogP contribution in [-0.2, 0) is 101 Å². The summed E-state index contributed by atoms with van der Waals surface area (Å²) in [5, 5.41) is 182. The molecule has 23 rings (SSSR count). The number of hydrogen-bond acceptors (Lipinski definition) is 34. The molecule has 23 heterocycles. The Morgan fingerprint density at radius 1 is 0.320 bits per heavy atom. The van der Waals surface area contributed by atoms with Crippen molar-refractivity contribution in [2.75, 3.05) is 0 Å². The molecule has 2 aromatic rings. The second kappa shape index (κ2) is 32.0. The Balaban J connectivity index is 0.927. The van der Waals surface area contributed by atoms with Gasteiger partial charge in [-0.25, -0.2) is 9.36 Å². The summed E-state index contributed by atoms with van der Waals surface area (Å²) in [6.45, 7) is 18.9. The maximum absolute atomic E-state index is 12.2. The topological polar surface area (TPSA) is 492 Å². The third kappa shape index (κ3) is 16.4. The molecule has 21 saturated heterocycles. The van der Waals surface area contributed by atoms with Crippen LogP contribution in [0.25, 0.3) is 0 Å². The number of aliphatic hydroxyl groups excluding tert-OH is 14. The van der Waals surface area contributed by atoms with E-state index in [0.717, 1.165) is 0 Å². The first-order valence-electron chi connectivity index (χ1n) is 33.7. The Kier molecular flexibility index (Phi) is 25.3. The number of aliphatic hydroxyl groups is 14. The molecule has 36 heteroatoms. The van der Waals surface area contributed by atoms with E-state index in [2.05, 4.69) is 20.6 Å². The Hall–Kier alpha value is -2.92. The zero-order chi connectivity index (χ0) is 70.4. The first kappa shape index (κ1) is 76.7. The smallest absolute Gasteiger partial charge is 0.187 e. The van der Waals surface area contributed by atoms with Crippen molar-refractivity contribution in [3.8, 4) is 0 Å². The fraction of sp³-hybridized carbons (Fsp3) is 0.934. The summed E-state index contributed by atoms with van der Waals surface area (Å²) in [6, 6.07) is 0. The average Bonchev–Trinajstić information content (AvgIpc) is 1.12. The predicted octanol–water partition coefficient (Wildman–Crippen LogP) is -4.61. The molecule has 97 heavy (non-hydrogen) atoms. The Bertz CT molecular complexity index is 2760. The second-order valence-electron chi connectivity index (χ2n) is 27.6. The Labute approximate surface area is 560 Å². The van der Waals surface area contributed by atoms with E-state index in [-0.39, 0.29) is 63.8 Å². The highest BCUT2D eigenvalue weighted by Gasteiger charge is 2.59. The van der Waals surface area contributed by atoms with Crippen molar-refractivity contribution >= 4 is 0 Å². The predicted molar refractivity (Wildman–Crippen MR) is 319 cm³/mol. The van der Waals surface area contributed by atoms with Crippen molar-refractivity contribution < 1.29 is 147 Å². The fourth-order valence-electron chi connectivity index (χ4n) is 13.4. The van der Waals surface area contributed by atoms with Crippen LogP contribution in [0.3, 0.4) is 0 Å². The minimum Gasteiger partial charge on any atom is -0.387 e. The lowest BCUT2D eigenvalue weighted by Crippen LogP contribution is -2.67. The molecule has 0 aromatic carbocycles. The van der Waals surface area contributed by atoms with Crippen molar-refractivity contribution in [2.24, 2.45) is 0 Å². The summed E-state index contributed by atoms with van der Waals surface area (Å²) in [6.07, 6.45) is -54.5. The molecule has 0 amide bonds. The molecule has 2 aromatic heterocycles. The lowest BCUT2D eigenvalue weighted by atomic mass is 9.93. The highest BCUT2D eigenvalue weighted by atomic mass is 16.8. The highest BCUT2D eigenvalue weighted by Crippen LogP contribution is 2.41. The maximum atomic E-state index is 12.2. The lowest BCUT2D eigenvalue weighted by molar-refractivity contribution is -0.394. The molecule has 35 unspecified atom stereocenters. The third-order valence-corrected chi connectivity index (χ3v) is 19.3. The van der Waals surface area contributed by atoms with E-state index in [4.69, 9.17) is 75.8 Å². The zero-order valence-corrected chi connectivity index (χ0v) is 56.2. The van der Waals surface area contributed by atoms with Gasteiger partial charge in [0, 0.05) is 0 Å². The molecule has 0 spiro atoms. The number of hydrogen-bond donors (Lipinski definition) is 14. The van der Waals surface area contributed by atoms with E-state index >= 15 is 0 Å². The number of aromatic nitrogens is 6. The van der Waals surface area contributed by atoms with Crippen LogP contribution in [0.5, 0.6) is 0 Å². The van der Waals surface area contributed by atoms with Crippen molar-refractivity contribution in [1.82, 2.24) is 30.0 Å². The van der Waals surface area contributed by atoms with Crippen molar-refractivity contribution in [2.45, 2.75) is 361 Å². The molecule has 21 aliphatic heterocycles. The van der Waals surface area contributed by atoms with Gasteiger partial charge < -0.3 is 147 Å². The number of nitrogens with zero attached hydrogens (tertiary/aromatic N) is 6. The summed E-state index contributed by atoms with van der Waals surface area (Å²) in [7, 11) is 0. The second-order valence-corrected chi connectivity index (χ2v) is 27.6. The highest BCUT2D eigenvalue weighted by molar-refractivity contribution is 5.03. The van der Waals surface area contributed by atoms with Crippen LogP contribution in [-0.4, -0.2) is 322 Å². The van der Waals surface area contributed by atoms with E-state index in [1.807, 2.05) is 20.8 Å². The normalized spacial score (nSPS) is 46.8. The lowest BCUT2D eigenvalue weighted by Gasteiger charge is -2.50. The molecule has 14 bridgehead atoms. The quantitative estimate of drug-likeness (QED) is 0.0792. The molecule has 35 atom stereocenters. The van der Waals surface area contributed by atoms with Gasteiger partial charge in [-0.2, -0.15) is 0 Å². The Morgan fingerprint density at radius 2 is 0.546 bits per heavy atom. The zero-order valence-electron chi connectivity index (χ0n) is 56.2. The van der Waals surface area contributed by atoms with Crippen molar-refractivity contribution in [3.05, 3.63) is 23.8 Å². The molecule has 556 valence electrons. The molecule has 0 saturated carbocycles. The first-order valence-corrected chi connectivity index (χ1v) is 33.7. The van der Waals surface area contributed by atoms with Crippen LogP contribution < -0.4 is 0 Å². The minimum atomic E-state index is -2.05. The van der Waals surface area contributed by atoms with Crippen LogP contribution in [0, 0.1) is 0 Å². The number of rotatable bonds is 14. The fourth-order valence-corrected chi connectivity index (χ4v) is 13.4. The van der Waals surface area contributed by atoms with Gasteiger partial charge in [0.15, 0.2) is 49.8 Å². The van der Waals surface area contributed by atoms with E-state index in [0.29, 0.717) is 11.4 Å². The van der Waals surface area contributed by atoms with E-state index in [1.165, 1.54) is 10.9 Å².